The Morgan fingerprint density at radius 3 is 2.96 bits per heavy atom. The third kappa shape index (κ3) is 4.42. The summed E-state index contributed by atoms with van der Waals surface area (Å²) in [4.78, 5) is 17.5. The van der Waals surface area contributed by atoms with E-state index in [-0.39, 0.29) is 5.56 Å². The quantitative estimate of drug-likeness (QED) is 0.342. The minimum Gasteiger partial charge on any atom is -0.385 e. The third-order valence-electron chi connectivity index (χ3n) is 3.72. The number of aryl methyl sites for hydroxylation is 1. The molecule has 0 aliphatic carbocycles. The Kier molecular flexibility index (Phi) is 6.12. The van der Waals surface area contributed by atoms with Crippen LogP contribution in [0.1, 0.15) is 6.42 Å². The molecule has 2 aromatic heterocycles. The van der Waals surface area contributed by atoms with Crippen molar-refractivity contribution in [1.82, 2.24) is 19.3 Å². The Balaban J connectivity index is 1.89. The summed E-state index contributed by atoms with van der Waals surface area (Å²) in [5.41, 5.74) is 0.585. The van der Waals surface area contributed by atoms with Gasteiger partial charge in [0.05, 0.1) is 17.4 Å². The second-order valence-electron chi connectivity index (χ2n) is 5.48. The number of fused-ring (bicyclic) bond motifs is 1. The molecule has 3 aromatic rings. The van der Waals surface area contributed by atoms with E-state index in [0.717, 1.165) is 18.7 Å². The van der Waals surface area contributed by atoms with Crippen molar-refractivity contribution in [3.63, 3.8) is 0 Å². The number of methoxy groups -OCH3 is 1. The lowest BCUT2D eigenvalue weighted by molar-refractivity contribution is 0.189. The van der Waals surface area contributed by atoms with Crippen molar-refractivity contribution < 1.29 is 4.74 Å². The molecule has 0 spiro atoms. The number of thioether (sulfide) groups is 1. The zero-order valence-corrected chi connectivity index (χ0v) is 15.5. The molecule has 0 unspecified atom stereocenters. The molecule has 8 heteroatoms. The molecule has 0 N–H and O–H groups in total. The molecule has 0 amide bonds. The lowest BCUT2D eigenvalue weighted by Gasteiger charge is -2.13. The average Bonchev–Trinajstić information content (AvgIpc) is 3.10. The molecule has 0 saturated heterocycles. The summed E-state index contributed by atoms with van der Waals surface area (Å²) >= 11 is 7.60. The zero-order chi connectivity index (χ0) is 17.6. The Bertz CT molecular complexity index is 896. The van der Waals surface area contributed by atoms with Gasteiger partial charge in [0, 0.05) is 43.4 Å². The van der Waals surface area contributed by atoms with Crippen molar-refractivity contribution in [1.29, 1.82) is 0 Å². The largest absolute Gasteiger partial charge is 0.385 e. The summed E-state index contributed by atoms with van der Waals surface area (Å²) in [6.07, 6.45) is 4.42. The lowest BCUT2D eigenvalue weighted by atomic mass is 10.2. The number of halogens is 1. The number of rotatable bonds is 8. The van der Waals surface area contributed by atoms with Gasteiger partial charge in [-0.15, -0.1) is 0 Å². The van der Waals surface area contributed by atoms with Gasteiger partial charge >= 0.3 is 0 Å². The van der Waals surface area contributed by atoms with Gasteiger partial charge in [0.1, 0.15) is 0 Å². The molecule has 0 aliphatic heterocycles. The van der Waals surface area contributed by atoms with Crippen molar-refractivity contribution in [2.75, 3.05) is 19.5 Å². The highest BCUT2D eigenvalue weighted by Crippen LogP contribution is 2.21. The maximum atomic E-state index is 12.9. The van der Waals surface area contributed by atoms with Crippen molar-refractivity contribution in [2.24, 2.45) is 0 Å². The maximum Gasteiger partial charge on any atom is 0.262 e. The van der Waals surface area contributed by atoms with Crippen LogP contribution in [-0.2, 0) is 17.8 Å². The first kappa shape index (κ1) is 18.0. The van der Waals surface area contributed by atoms with Gasteiger partial charge in [-0.3, -0.25) is 14.0 Å². The van der Waals surface area contributed by atoms with Crippen LogP contribution < -0.4 is 5.56 Å². The lowest BCUT2D eigenvalue weighted by Crippen LogP contribution is -2.24. The molecule has 132 valence electrons. The maximum absolute atomic E-state index is 12.9. The molecular weight excluding hydrogens is 360 g/mol. The van der Waals surface area contributed by atoms with Crippen LogP contribution in [0.4, 0.5) is 0 Å². The van der Waals surface area contributed by atoms with E-state index in [2.05, 4.69) is 10.1 Å². The summed E-state index contributed by atoms with van der Waals surface area (Å²) < 4.78 is 8.69. The second-order valence-corrected chi connectivity index (χ2v) is 6.98. The molecule has 3 rings (SSSR count). The minimum atomic E-state index is -0.0423. The van der Waals surface area contributed by atoms with Gasteiger partial charge in [0.2, 0.25) is 0 Å². The highest BCUT2D eigenvalue weighted by atomic mass is 35.5. The van der Waals surface area contributed by atoms with Crippen molar-refractivity contribution in [3.8, 4) is 0 Å². The van der Waals surface area contributed by atoms with Gasteiger partial charge in [-0.1, -0.05) is 23.4 Å². The van der Waals surface area contributed by atoms with Gasteiger partial charge in [-0.2, -0.15) is 5.10 Å². The Morgan fingerprint density at radius 1 is 1.32 bits per heavy atom. The van der Waals surface area contributed by atoms with Gasteiger partial charge in [0.15, 0.2) is 5.16 Å². The van der Waals surface area contributed by atoms with E-state index in [4.69, 9.17) is 16.3 Å². The first-order valence-electron chi connectivity index (χ1n) is 7.98. The van der Waals surface area contributed by atoms with E-state index < -0.39 is 0 Å². The number of ether oxygens (including phenoxy) is 1. The van der Waals surface area contributed by atoms with E-state index in [1.165, 1.54) is 0 Å². The predicted octanol–water partition coefficient (Wildman–Crippen LogP) is 3.08. The van der Waals surface area contributed by atoms with Crippen LogP contribution in [0.3, 0.4) is 0 Å². The highest BCUT2D eigenvalue weighted by Gasteiger charge is 2.12. The van der Waals surface area contributed by atoms with E-state index in [0.29, 0.717) is 34.2 Å². The van der Waals surface area contributed by atoms with Crippen LogP contribution in [0.2, 0.25) is 5.02 Å². The van der Waals surface area contributed by atoms with Crippen LogP contribution in [0.5, 0.6) is 0 Å². The number of benzene rings is 1. The molecule has 0 fully saturated rings. The summed E-state index contributed by atoms with van der Waals surface area (Å²) in [6, 6.07) is 7.08. The summed E-state index contributed by atoms with van der Waals surface area (Å²) in [5, 5.41) is 6.04. The fourth-order valence-electron chi connectivity index (χ4n) is 2.51. The molecule has 6 nitrogen and oxygen atoms in total. The SMILES string of the molecule is COCCCn1c(SCCn2cccn2)nc2cc(Cl)ccc2c1=O. The first-order chi connectivity index (χ1) is 12.2. The molecule has 0 atom stereocenters. The van der Waals surface area contributed by atoms with E-state index >= 15 is 0 Å². The topological polar surface area (TPSA) is 61.9 Å². The van der Waals surface area contributed by atoms with Gasteiger partial charge in [0.25, 0.3) is 5.56 Å². The van der Waals surface area contributed by atoms with Crippen molar-refractivity contribution >= 4 is 34.3 Å². The monoisotopic (exact) mass is 378 g/mol. The third-order valence-corrected chi connectivity index (χ3v) is 4.91. The van der Waals surface area contributed by atoms with Crippen molar-refractivity contribution in [3.05, 3.63) is 52.0 Å². The number of aromatic nitrogens is 4. The van der Waals surface area contributed by atoms with Crippen LogP contribution in [0.15, 0.2) is 46.6 Å². The van der Waals surface area contributed by atoms with E-state index in [9.17, 15) is 4.79 Å². The molecular formula is C17H19ClN4O2S. The van der Waals surface area contributed by atoms with E-state index in [1.807, 2.05) is 16.9 Å². The standard InChI is InChI=1S/C17H19ClN4O2S/c1-24-10-3-8-22-16(23)14-5-4-13(18)12-15(14)20-17(22)25-11-9-21-7-2-6-19-21/h2,4-7,12H,3,8-11H2,1H3. The average molecular weight is 379 g/mol. The molecule has 0 saturated carbocycles. The summed E-state index contributed by atoms with van der Waals surface area (Å²) in [7, 11) is 1.66. The predicted molar refractivity (Wildman–Crippen MR) is 100 cm³/mol. The van der Waals surface area contributed by atoms with Gasteiger partial charge in [-0.05, 0) is 30.7 Å². The molecule has 1 aromatic carbocycles. The Labute approximate surface area is 154 Å². The normalized spacial score (nSPS) is 11.3. The molecule has 25 heavy (non-hydrogen) atoms. The molecule has 0 bridgehead atoms. The Morgan fingerprint density at radius 2 is 2.20 bits per heavy atom. The van der Waals surface area contributed by atoms with Crippen LogP contribution in [0, 0.1) is 0 Å². The number of nitrogens with zero attached hydrogens (tertiary/aromatic N) is 4. The van der Waals surface area contributed by atoms with Gasteiger partial charge < -0.3 is 4.74 Å². The highest BCUT2D eigenvalue weighted by molar-refractivity contribution is 7.99. The summed E-state index contributed by atoms with van der Waals surface area (Å²) in [6.45, 7) is 1.92. The minimum absolute atomic E-state index is 0.0423. The van der Waals surface area contributed by atoms with Crippen LogP contribution in [-0.4, -0.2) is 38.8 Å². The van der Waals surface area contributed by atoms with Crippen LogP contribution in [0.25, 0.3) is 10.9 Å². The fraction of sp³-hybridized carbons (Fsp3) is 0.353. The smallest absolute Gasteiger partial charge is 0.262 e. The van der Waals surface area contributed by atoms with Crippen molar-refractivity contribution in [2.45, 2.75) is 24.7 Å². The Hall–Kier alpha value is -1.83. The number of hydrogen-bond donors (Lipinski definition) is 0. The summed E-state index contributed by atoms with van der Waals surface area (Å²) in [5.74, 6) is 0.768. The fourth-order valence-corrected chi connectivity index (χ4v) is 3.63. The zero-order valence-electron chi connectivity index (χ0n) is 13.9. The van der Waals surface area contributed by atoms with Crippen LogP contribution >= 0.6 is 23.4 Å². The van der Waals surface area contributed by atoms with Gasteiger partial charge in [-0.25, -0.2) is 4.98 Å². The first-order valence-corrected chi connectivity index (χ1v) is 9.34. The molecule has 2 heterocycles. The second kappa shape index (κ2) is 8.51. The molecule has 0 aliphatic rings. The number of hydrogen-bond acceptors (Lipinski definition) is 5. The van der Waals surface area contributed by atoms with E-state index in [1.54, 1.807) is 47.8 Å². The molecule has 0 radical (unpaired) electrons.